The van der Waals surface area contributed by atoms with Gasteiger partial charge in [0, 0.05) is 12.1 Å². The van der Waals surface area contributed by atoms with E-state index in [2.05, 4.69) is 26.3 Å². The third kappa shape index (κ3) is 2.12. The maximum atomic E-state index is 14.0. The predicted octanol–water partition coefficient (Wildman–Crippen LogP) is 3.89. The van der Waals surface area contributed by atoms with Crippen LogP contribution < -0.4 is 5.32 Å². The van der Waals surface area contributed by atoms with Gasteiger partial charge < -0.3 is 5.32 Å². The first-order valence-electron chi connectivity index (χ1n) is 6.57. The first-order valence-corrected chi connectivity index (χ1v) is 7.36. The number of nitrogens with one attached hydrogen (secondary N) is 1. The lowest BCUT2D eigenvalue weighted by atomic mass is 10.0. The second-order valence-corrected chi connectivity index (χ2v) is 5.60. The van der Waals surface area contributed by atoms with E-state index in [0.717, 1.165) is 28.5 Å². The highest BCUT2D eigenvalue weighted by Gasteiger charge is 2.28. The summed E-state index contributed by atoms with van der Waals surface area (Å²) in [5.74, 6) is 0.0131. The standard InChI is InChI=1S/C14H14BrF2N3/c1-2-11-13(15)14-18-6-5-12(20(14)19-11)9-7-8(16)3-4-10(9)17/h3-4,7,12,18H,2,5-6H2,1H3. The van der Waals surface area contributed by atoms with Crippen LogP contribution in [0.25, 0.3) is 0 Å². The van der Waals surface area contributed by atoms with Gasteiger partial charge in [-0.3, -0.25) is 0 Å². The maximum Gasteiger partial charge on any atom is 0.139 e. The van der Waals surface area contributed by atoms with Gasteiger partial charge in [-0.05, 0) is 47.0 Å². The fourth-order valence-corrected chi connectivity index (χ4v) is 3.26. The average molecular weight is 342 g/mol. The number of rotatable bonds is 2. The molecule has 106 valence electrons. The van der Waals surface area contributed by atoms with Crippen molar-refractivity contribution in [1.82, 2.24) is 9.78 Å². The molecule has 0 fully saturated rings. The number of aromatic nitrogens is 2. The van der Waals surface area contributed by atoms with Gasteiger partial charge in [0.1, 0.15) is 17.5 Å². The first-order chi connectivity index (χ1) is 9.61. The molecule has 1 aromatic heterocycles. The Balaban J connectivity index is 2.12. The summed E-state index contributed by atoms with van der Waals surface area (Å²) < 4.78 is 30.1. The highest BCUT2D eigenvalue weighted by Crippen LogP contribution is 2.37. The van der Waals surface area contributed by atoms with Gasteiger partial charge in [0.05, 0.1) is 16.2 Å². The molecule has 2 heterocycles. The molecule has 1 atom stereocenters. The van der Waals surface area contributed by atoms with Crippen molar-refractivity contribution in [2.75, 3.05) is 11.9 Å². The lowest BCUT2D eigenvalue weighted by molar-refractivity contribution is 0.452. The highest BCUT2D eigenvalue weighted by atomic mass is 79.9. The SMILES string of the molecule is CCc1nn2c(c1Br)NCCC2c1cc(F)ccc1F. The van der Waals surface area contributed by atoms with Gasteiger partial charge in [-0.1, -0.05) is 6.92 Å². The van der Waals surface area contributed by atoms with Crippen LogP contribution in [0.3, 0.4) is 0 Å². The van der Waals surface area contributed by atoms with Crippen molar-refractivity contribution in [2.45, 2.75) is 25.8 Å². The van der Waals surface area contributed by atoms with E-state index in [1.165, 1.54) is 12.1 Å². The molecule has 0 bridgehead atoms. The van der Waals surface area contributed by atoms with Crippen molar-refractivity contribution < 1.29 is 8.78 Å². The highest BCUT2D eigenvalue weighted by molar-refractivity contribution is 9.10. The van der Waals surface area contributed by atoms with E-state index in [9.17, 15) is 8.78 Å². The summed E-state index contributed by atoms with van der Waals surface area (Å²) in [5, 5.41) is 7.77. The summed E-state index contributed by atoms with van der Waals surface area (Å²) in [4.78, 5) is 0. The van der Waals surface area contributed by atoms with Crippen LogP contribution in [0.1, 0.15) is 30.6 Å². The molecule has 0 radical (unpaired) electrons. The van der Waals surface area contributed by atoms with Gasteiger partial charge in [-0.2, -0.15) is 5.10 Å². The van der Waals surface area contributed by atoms with Crippen molar-refractivity contribution in [1.29, 1.82) is 0 Å². The zero-order valence-corrected chi connectivity index (χ0v) is 12.5. The number of halogens is 3. The molecule has 0 amide bonds. The fraction of sp³-hybridized carbons (Fsp3) is 0.357. The molecule has 1 aromatic carbocycles. The number of aryl methyl sites for hydroxylation is 1. The zero-order chi connectivity index (χ0) is 14.3. The molecular formula is C14H14BrF2N3. The summed E-state index contributed by atoms with van der Waals surface area (Å²) in [6, 6.07) is 3.29. The topological polar surface area (TPSA) is 29.9 Å². The van der Waals surface area contributed by atoms with Crippen molar-refractivity contribution in [3.8, 4) is 0 Å². The van der Waals surface area contributed by atoms with Crippen molar-refractivity contribution >= 4 is 21.7 Å². The third-order valence-corrected chi connectivity index (χ3v) is 4.41. The quantitative estimate of drug-likeness (QED) is 0.897. The van der Waals surface area contributed by atoms with E-state index >= 15 is 0 Å². The average Bonchev–Trinajstić information content (AvgIpc) is 2.78. The minimum Gasteiger partial charge on any atom is -0.369 e. The van der Waals surface area contributed by atoms with E-state index in [1.54, 1.807) is 4.68 Å². The molecule has 3 rings (SSSR count). The van der Waals surface area contributed by atoms with Crippen molar-refractivity contribution in [2.24, 2.45) is 0 Å². The lowest BCUT2D eigenvalue weighted by Gasteiger charge is -2.26. The summed E-state index contributed by atoms with van der Waals surface area (Å²) >= 11 is 3.52. The molecule has 6 heteroatoms. The molecule has 0 spiro atoms. The van der Waals surface area contributed by atoms with Crippen LogP contribution in [0.5, 0.6) is 0 Å². The number of hydrogen-bond donors (Lipinski definition) is 1. The molecule has 20 heavy (non-hydrogen) atoms. The lowest BCUT2D eigenvalue weighted by Crippen LogP contribution is -2.25. The van der Waals surface area contributed by atoms with E-state index in [4.69, 9.17) is 0 Å². The van der Waals surface area contributed by atoms with Gasteiger partial charge in [-0.25, -0.2) is 13.5 Å². The van der Waals surface area contributed by atoms with E-state index in [0.29, 0.717) is 18.5 Å². The predicted molar refractivity (Wildman–Crippen MR) is 76.9 cm³/mol. The van der Waals surface area contributed by atoms with Crippen LogP contribution in [-0.2, 0) is 6.42 Å². The molecule has 0 saturated carbocycles. The molecule has 1 N–H and O–H groups in total. The normalized spacial score (nSPS) is 17.7. The van der Waals surface area contributed by atoms with Crippen LogP contribution in [0.2, 0.25) is 0 Å². The van der Waals surface area contributed by atoms with E-state index < -0.39 is 11.6 Å². The van der Waals surface area contributed by atoms with Crippen LogP contribution in [-0.4, -0.2) is 16.3 Å². The summed E-state index contributed by atoms with van der Waals surface area (Å²) in [6.45, 7) is 2.71. The fourth-order valence-electron chi connectivity index (χ4n) is 2.58. The second-order valence-electron chi connectivity index (χ2n) is 4.80. The monoisotopic (exact) mass is 341 g/mol. The molecule has 3 nitrogen and oxygen atoms in total. The first kappa shape index (κ1) is 13.5. The van der Waals surface area contributed by atoms with Gasteiger partial charge >= 0.3 is 0 Å². The van der Waals surface area contributed by atoms with Crippen molar-refractivity contribution in [3.05, 3.63) is 45.6 Å². The largest absolute Gasteiger partial charge is 0.369 e. The molecule has 1 aliphatic heterocycles. The Morgan fingerprint density at radius 1 is 1.45 bits per heavy atom. The minimum atomic E-state index is -0.427. The maximum absolute atomic E-state index is 14.0. The summed E-state index contributed by atoms with van der Waals surface area (Å²) in [7, 11) is 0. The van der Waals surface area contributed by atoms with Crippen LogP contribution in [0.4, 0.5) is 14.6 Å². The minimum absolute atomic E-state index is 0.279. The number of hydrogen-bond acceptors (Lipinski definition) is 2. The van der Waals surface area contributed by atoms with Crippen LogP contribution in [0, 0.1) is 11.6 Å². The molecule has 0 saturated heterocycles. The summed E-state index contributed by atoms with van der Waals surface area (Å²) in [5.41, 5.74) is 1.27. The van der Waals surface area contributed by atoms with Gasteiger partial charge in [0.15, 0.2) is 0 Å². The number of benzene rings is 1. The Morgan fingerprint density at radius 2 is 2.25 bits per heavy atom. The summed E-state index contributed by atoms with van der Waals surface area (Å²) in [6.07, 6.45) is 1.45. The Kier molecular flexibility index (Phi) is 3.50. The van der Waals surface area contributed by atoms with E-state index in [1.807, 2.05) is 6.92 Å². The Bertz CT molecular complexity index is 654. The number of anilines is 1. The Hall–Kier alpha value is -1.43. The molecule has 0 aliphatic carbocycles. The smallest absolute Gasteiger partial charge is 0.139 e. The number of nitrogens with zero attached hydrogens (tertiary/aromatic N) is 2. The van der Waals surface area contributed by atoms with Crippen LogP contribution in [0.15, 0.2) is 22.7 Å². The molecule has 1 aliphatic rings. The molecule has 2 aromatic rings. The van der Waals surface area contributed by atoms with Gasteiger partial charge in [-0.15, -0.1) is 0 Å². The van der Waals surface area contributed by atoms with Gasteiger partial charge in [0.2, 0.25) is 0 Å². The van der Waals surface area contributed by atoms with Gasteiger partial charge in [0.25, 0.3) is 0 Å². The zero-order valence-electron chi connectivity index (χ0n) is 11.0. The Morgan fingerprint density at radius 3 is 3.00 bits per heavy atom. The Labute approximate surface area is 124 Å². The number of fused-ring (bicyclic) bond motifs is 1. The third-order valence-electron chi connectivity index (χ3n) is 3.58. The van der Waals surface area contributed by atoms with E-state index in [-0.39, 0.29) is 6.04 Å². The second kappa shape index (κ2) is 5.16. The van der Waals surface area contributed by atoms with Crippen LogP contribution >= 0.6 is 15.9 Å². The molecular weight excluding hydrogens is 328 g/mol. The van der Waals surface area contributed by atoms with Crippen molar-refractivity contribution in [3.63, 3.8) is 0 Å². The molecule has 1 unspecified atom stereocenters.